The van der Waals surface area contributed by atoms with Crippen LogP contribution >= 0.6 is 0 Å². The Bertz CT molecular complexity index is 177. The van der Waals surface area contributed by atoms with Crippen molar-refractivity contribution in [3.63, 3.8) is 0 Å². The largest absolute Gasteiger partial charge is 0.314 e. The maximum atomic E-state index is 10.8. The molecule has 3 heteroatoms. The predicted molar refractivity (Wildman–Crippen MR) is 43.1 cm³/mol. The number of rotatable bonds is 2. The van der Waals surface area contributed by atoms with E-state index in [0.29, 0.717) is 6.54 Å². The van der Waals surface area contributed by atoms with Crippen molar-refractivity contribution in [1.82, 2.24) is 10.2 Å². The molecule has 11 heavy (non-hydrogen) atoms. The topological polar surface area (TPSA) is 32.3 Å². The molecule has 0 aromatic rings. The van der Waals surface area contributed by atoms with Crippen LogP contribution in [0.5, 0.6) is 0 Å². The monoisotopic (exact) mass is 152 g/mol. The Labute approximate surface area is 66.8 Å². The zero-order valence-corrected chi connectivity index (χ0v) is 6.47. The molecule has 0 bridgehead atoms. The summed E-state index contributed by atoms with van der Waals surface area (Å²) in [5.74, 6) is 1.99. The molecule has 1 heterocycles. The van der Waals surface area contributed by atoms with Crippen LogP contribution in [-0.4, -0.2) is 43.4 Å². The molecule has 0 aliphatic carbocycles. The van der Waals surface area contributed by atoms with Gasteiger partial charge in [-0.3, -0.25) is 9.69 Å². The van der Waals surface area contributed by atoms with Crippen molar-refractivity contribution in [1.29, 1.82) is 0 Å². The van der Waals surface area contributed by atoms with Gasteiger partial charge in [-0.15, -0.1) is 6.42 Å². The summed E-state index contributed by atoms with van der Waals surface area (Å²) >= 11 is 0. The average molecular weight is 152 g/mol. The van der Waals surface area contributed by atoms with Crippen molar-refractivity contribution in [2.45, 2.75) is 0 Å². The van der Waals surface area contributed by atoms with Crippen LogP contribution in [0.3, 0.4) is 0 Å². The summed E-state index contributed by atoms with van der Waals surface area (Å²) in [4.78, 5) is 12.8. The number of piperazine rings is 1. The Kier molecular flexibility index (Phi) is 3.09. The van der Waals surface area contributed by atoms with Gasteiger partial charge in [-0.25, -0.2) is 0 Å². The van der Waals surface area contributed by atoms with E-state index in [1.807, 2.05) is 0 Å². The molecule has 60 valence electrons. The van der Waals surface area contributed by atoms with Crippen molar-refractivity contribution in [2.24, 2.45) is 0 Å². The van der Waals surface area contributed by atoms with Gasteiger partial charge in [0.1, 0.15) is 0 Å². The van der Waals surface area contributed by atoms with Gasteiger partial charge < -0.3 is 5.32 Å². The minimum absolute atomic E-state index is 0.119. The van der Waals surface area contributed by atoms with Crippen LogP contribution < -0.4 is 5.32 Å². The molecule has 3 nitrogen and oxygen atoms in total. The minimum atomic E-state index is -0.119. The first kappa shape index (κ1) is 8.25. The summed E-state index contributed by atoms with van der Waals surface area (Å²) in [5, 5.41) is 3.20. The molecule has 0 aromatic heterocycles. The highest BCUT2D eigenvalue weighted by molar-refractivity contribution is 5.96. The number of Topliss-reactive ketones (excluding diaryl/α,β-unsaturated/α-hetero) is 1. The van der Waals surface area contributed by atoms with Crippen molar-refractivity contribution in [3.05, 3.63) is 0 Å². The van der Waals surface area contributed by atoms with Crippen LogP contribution in [0.15, 0.2) is 0 Å². The molecule has 0 amide bonds. The summed E-state index contributed by atoms with van der Waals surface area (Å²) in [6, 6.07) is 0. The van der Waals surface area contributed by atoms with Gasteiger partial charge in [0, 0.05) is 26.2 Å². The summed E-state index contributed by atoms with van der Waals surface area (Å²) < 4.78 is 0. The minimum Gasteiger partial charge on any atom is -0.314 e. The predicted octanol–water partition coefficient (Wildman–Crippen LogP) is -0.906. The highest BCUT2D eigenvalue weighted by Gasteiger charge is 2.11. The third-order valence-electron chi connectivity index (χ3n) is 1.74. The number of nitrogens with zero attached hydrogens (tertiary/aromatic N) is 1. The highest BCUT2D eigenvalue weighted by atomic mass is 16.1. The third kappa shape index (κ3) is 2.71. The number of terminal acetylenes is 1. The summed E-state index contributed by atoms with van der Waals surface area (Å²) in [6.07, 6.45) is 4.95. The first-order chi connectivity index (χ1) is 5.33. The van der Waals surface area contributed by atoms with E-state index in [1.165, 1.54) is 0 Å². The van der Waals surface area contributed by atoms with E-state index in [2.05, 4.69) is 16.1 Å². The van der Waals surface area contributed by atoms with Crippen LogP contribution in [0.1, 0.15) is 0 Å². The Morgan fingerprint density at radius 3 is 2.73 bits per heavy atom. The summed E-state index contributed by atoms with van der Waals surface area (Å²) in [6.45, 7) is 4.18. The van der Waals surface area contributed by atoms with Gasteiger partial charge in [0.25, 0.3) is 0 Å². The van der Waals surface area contributed by atoms with Crippen LogP contribution in [0.2, 0.25) is 0 Å². The van der Waals surface area contributed by atoms with E-state index in [9.17, 15) is 4.79 Å². The first-order valence-electron chi connectivity index (χ1n) is 3.75. The number of ketones is 1. The van der Waals surface area contributed by atoms with E-state index < -0.39 is 0 Å². The molecule has 0 spiro atoms. The highest BCUT2D eigenvalue weighted by Crippen LogP contribution is 1.90. The molecule has 1 aliphatic rings. The number of carbonyl (C=O) groups excluding carboxylic acids is 1. The maximum Gasteiger partial charge on any atom is 0.219 e. The lowest BCUT2D eigenvalue weighted by Gasteiger charge is -2.25. The normalized spacial score (nSPS) is 19.2. The fourth-order valence-corrected chi connectivity index (χ4v) is 1.12. The van der Waals surface area contributed by atoms with Crippen molar-refractivity contribution < 1.29 is 4.79 Å². The molecule has 1 aliphatic heterocycles. The van der Waals surface area contributed by atoms with Crippen molar-refractivity contribution >= 4 is 5.78 Å². The molecule has 0 unspecified atom stereocenters. The Morgan fingerprint density at radius 1 is 1.55 bits per heavy atom. The van der Waals surface area contributed by atoms with Crippen LogP contribution in [0.25, 0.3) is 0 Å². The Hall–Kier alpha value is -0.850. The van der Waals surface area contributed by atoms with E-state index in [1.54, 1.807) is 0 Å². The molecule has 0 saturated carbocycles. The third-order valence-corrected chi connectivity index (χ3v) is 1.74. The smallest absolute Gasteiger partial charge is 0.219 e. The summed E-state index contributed by atoms with van der Waals surface area (Å²) in [5.41, 5.74) is 0. The molecule has 1 N–H and O–H groups in total. The number of carbonyl (C=O) groups is 1. The van der Waals surface area contributed by atoms with Crippen molar-refractivity contribution in [3.8, 4) is 12.3 Å². The van der Waals surface area contributed by atoms with Gasteiger partial charge >= 0.3 is 0 Å². The fourth-order valence-electron chi connectivity index (χ4n) is 1.12. The van der Waals surface area contributed by atoms with Gasteiger partial charge in [0.15, 0.2) is 0 Å². The van der Waals surface area contributed by atoms with Gasteiger partial charge in [-0.2, -0.15) is 0 Å². The molecule has 1 rings (SSSR count). The van der Waals surface area contributed by atoms with Crippen LogP contribution in [0, 0.1) is 12.3 Å². The molecule has 0 aromatic carbocycles. The standard InChI is InChI=1S/C8H12N2O/c1-2-8(11)7-10-5-3-9-4-6-10/h1,9H,3-7H2. The van der Waals surface area contributed by atoms with E-state index in [0.717, 1.165) is 26.2 Å². The van der Waals surface area contributed by atoms with Gasteiger partial charge in [0.2, 0.25) is 5.78 Å². The van der Waals surface area contributed by atoms with E-state index >= 15 is 0 Å². The van der Waals surface area contributed by atoms with Gasteiger partial charge in [-0.05, 0) is 5.92 Å². The van der Waals surface area contributed by atoms with Gasteiger partial charge in [-0.1, -0.05) is 0 Å². The Balaban J connectivity index is 2.25. The zero-order valence-electron chi connectivity index (χ0n) is 6.47. The SMILES string of the molecule is C#CC(=O)CN1CCNCC1. The second-order valence-corrected chi connectivity index (χ2v) is 2.59. The van der Waals surface area contributed by atoms with E-state index in [-0.39, 0.29) is 5.78 Å². The first-order valence-corrected chi connectivity index (χ1v) is 3.75. The number of hydrogen-bond donors (Lipinski definition) is 1. The summed E-state index contributed by atoms with van der Waals surface area (Å²) in [7, 11) is 0. The molecule has 0 radical (unpaired) electrons. The second-order valence-electron chi connectivity index (χ2n) is 2.59. The lowest BCUT2D eigenvalue weighted by Crippen LogP contribution is -2.45. The molecule has 0 atom stereocenters. The molecule has 1 fully saturated rings. The lowest BCUT2D eigenvalue weighted by molar-refractivity contribution is -0.115. The zero-order chi connectivity index (χ0) is 8.10. The number of nitrogens with one attached hydrogen (secondary N) is 1. The van der Waals surface area contributed by atoms with Crippen LogP contribution in [0.4, 0.5) is 0 Å². The molecule has 1 saturated heterocycles. The lowest BCUT2D eigenvalue weighted by atomic mass is 10.3. The quantitative estimate of drug-likeness (QED) is 0.411. The maximum absolute atomic E-state index is 10.8. The molecular weight excluding hydrogens is 140 g/mol. The average Bonchev–Trinajstić information content (AvgIpc) is 2.06. The Morgan fingerprint density at radius 2 is 2.18 bits per heavy atom. The fraction of sp³-hybridized carbons (Fsp3) is 0.625. The van der Waals surface area contributed by atoms with Crippen LogP contribution in [-0.2, 0) is 4.79 Å². The van der Waals surface area contributed by atoms with Crippen molar-refractivity contribution in [2.75, 3.05) is 32.7 Å². The molecular formula is C8H12N2O. The number of hydrogen-bond acceptors (Lipinski definition) is 3. The second kappa shape index (κ2) is 4.12. The van der Waals surface area contributed by atoms with E-state index in [4.69, 9.17) is 6.42 Å². The van der Waals surface area contributed by atoms with Gasteiger partial charge in [0.05, 0.1) is 6.54 Å².